The average molecular weight is 268 g/mol. The summed E-state index contributed by atoms with van der Waals surface area (Å²) in [5.41, 5.74) is 0.674. The van der Waals surface area contributed by atoms with Crippen LogP contribution in [0, 0.1) is 6.92 Å². The van der Waals surface area contributed by atoms with Crippen LogP contribution in [-0.4, -0.2) is 16.1 Å². The molecule has 0 unspecified atom stereocenters. The highest BCUT2D eigenvalue weighted by molar-refractivity contribution is 6.33. The number of aromatic carboxylic acids is 1. The Balaban J connectivity index is 2.13. The zero-order chi connectivity index (χ0) is 13.1. The van der Waals surface area contributed by atoms with Crippen LogP contribution in [0.3, 0.4) is 0 Å². The molecular formula is C12H10ClNO4. The van der Waals surface area contributed by atoms with Gasteiger partial charge in [-0.2, -0.15) is 0 Å². The molecular weight excluding hydrogens is 258 g/mol. The lowest BCUT2D eigenvalue weighted by molar-refractivity contribution is 0.0696. The van der Waals surface area contributed by atoms with E-state index in [-0.39, 0.29) is 17.2 Å². The van der Waals surface area contributed by atoms with E-state index in [1.807, 2.05) is 0 Å². The SMILES string of the molecule is Cc1ocnc1COc1ccc(Cl)c(C(=O)O)c1. The summed E-state index contributed by atoms with van der Waals surface area (Å²) in [4.78, 5) is 14.9. The lowest BCUT2D eigenvalue weighted by Gasteiger charge is -2.06. The van der Waals surface area contributed by atoms with E-state index < -0.39 is 5.97 Å². The first-order chi connectivity index (χ1) is 8.58. The number of oxazole rings is 1. The van der Waals surface area contributed by atoms with Crippen LogP contribution in [0.4, 0.5) is 0 Å². The zero-order valence-corrected chi connectivity index (χ0v) is 10.3. The summed E-state index contributed by atoms with van der Waals surface area (Å²) < 4.78 is 10.5. The number of benzene rings is 1. The van der Waals surface area contributed by atoms with E-state index in [0.717, 1.165) is 0 Å². The minimum Gasteiger partial charge on any atom is -0.487 e. The topological polar surface area (TPSA) is 72.6 Å². The molecule has 1 aromatic heterocycles. The second-order valence-electron chi connectivity index (χ2n) is 3.59. The Morgan fingerprint density at radius 1 is 1.56 bits per heavy atom. The lowest BCUT2D eigenvalue weighted by Crippen LogP contribution is -2.01. The van der Waals surface area contributed by atoms with Crippen molar-refractivity contribution >= 4 is 17.6 Å². The number of hydrogen-bond donors (Lipinski definition) is 1. The van der Waals surface area contributed by atoms with Gasteiger partial charge in [0, 0.05) is 0 Å². The summed E-state index contributed by atoms with van der Waals surface area (Å²) in [6.07, 6.45) is 1.33. The first-order valence-corrected chi connectivity index (χ1v) is 5.50. The molecule has 2 aromatic rings. The van der Waals surface area contributed by atoms with E-state index in [1.165, 1.54) is 18.5 Å². The van der Waals surface area contributed by atoms with Crippen LogP contribution in [0.1, 0.15) is 21.8 Å². The van der Waals surface area contributed by atoms with Gasteiger partial charge < -0.3 is 14.3 Å². The maximum Gasteiger partial charge on any atom is 0.337 e. The van der Waals surface area contributed by atoms with Crippen molar-refractivity contribution in [1.82, 2.24) is 4.98 Å². The third-order valence-electron chi connectivity index (χ3n) is 2.39. The van der Waals surface area contributed by atoms with Gasteiger partial charge in [-0.1, -0.05) is 11.6 Å². The van der Waals surface area contributed by atoms with Crippen LogP contribution in [0.15, 0.2) is 29.0 Å². The van der Waals surface area contributed by atoms with Crippen molar-refractivity contribution in [3.63, 3.8) is 0 Å². The van der Waals surface area contributed by atoms with E-state index in [2.05, 4.69) is 4.98 Å². The zero-order valence-electron chi connectivity index (χ0n) is 9.51. The van der Waals surface area contributed by atoms with Crippen LogP contribution in [-0.2, 0) is 6.61 Å². The highest BCUT2D eigenvalue weighted by Gasteiger charge is 2.11. The van der Waals surface area contributed by atoms with Gasteiger partial charge in [-0.25, -0.2) is 9.78 Å². The van der Waals surface area contributed by atoms with Gasteiger partial charge in [0.15, 0.2) is 6.39 Å². The standard InChI is InChI=1S/C12H10ClNO4/c1-7-11(14-6-18-7)5-17-8-2-3-10(13)9(4-8)12(15)16/h2-4,6H,5H2,1H3,(H,15,16). The van der Waals surface area contributed by atoms with Gasteiger partial charge in [0.2, 0.25) is 0 Å². The fraction of sp³-hybridized carbons (Fsp3) is 0.167. The molecule has 0 saturated carbocycles. The van der Waals surface area contributed by atoms with Crippen molar-refractivity contribution in [2.45, 2.75) is 13.5 Å². The Bertz CT molecular complexity index is 579. The van der Waals surface area contributed by atoms with E-state index in [9.17, 15) is 4.79 Å². The number of nitrogens with zero attached hydrogens (tertiary/aromatic N) is 1. The van der Waals surface area contributed by atoms with Crippen LogP contribution < -0.4 is 4.74 Å². The highest BCUT2D eigenvalue weighted by Crippen LogP contribution is 2.23. The van der Waals surface area contributed by atoms with Crippen LogP contribution in [0.25, 0.3) is 0 Å². The largest absolute Gasteiger partial charge is 0.487 e. The molecule has 0 saturated heterocycles. The van der Waals surface area contributed by atoms with Gasteiger partial charge in [-0.15, -0.1) is 0 Å². The molecule has 1 N–H and O–H groups in total. The average Bonchev–Trinajstić information content (AvgIpc) is 2.73. The molecule has 94 valence electrons. The summed E-state index contributed by atoms with van der Waals surface area (Å²) in [6.45, 7) is 1.99. The first-order valence-electron chi connectivity index (χ1n) is 5.12. The molecule has 18 heavy (non-hydrogen) atoms. The lowest BCUT2D eigenvalue weighted by atomic mass is 10.2. The molecule has 0 aliphatic rings. The molecule has 0 amide bonds. The van der Waals surface area contributed by atoms with Crippen molar-refractivity contribution in [2.75, 3.05) is 0 Å². The maximum absolute atomic E-state index is 10.9. The number of carbonyl (C=O) groups is 1. The summed E-state index contributed by atoms with van der Waals surface area (Å²) in [5, 5.41) is 9.09. The number of carboxylic acid groups (broad SMARTS) is 1. The summed E-state index contributed by atoms with van der Waals surface area (Å²) in [6, 6.07) is 4.46. The molecule has 0 atom stereocenters. The minimum atomic E-state index is -1.09. The number of hydrogen-bond acceptors (Lipinski definition) is 4. The molecule has 2 rings (SSSR count). The molecule has 0 bridgehead atoms. The van der Waals surface area contributed by atoms with Crippen molar-refractivity contribution in [2.24, 2.45) is 0 Å². The van der Waals surface area contributed by atoms with Crippen molar-refractivity contribution in [3.8, 4) is 5.75 Å². The quantitative estimate of drug-likeness (QED) is 0.922. The number of aromatic nitrogens is 1. The third-order valence-corrected chi connectivity index (χ3v) is 2.72. The summed E-state index contributed by atoms with van der Waals surface area (Å²) in [7, 11) is 0. The molecule has 0 aliphatic heterocycles. The monoisotopic (exact) mass is 267 g/mol. The first kappa shape index (κ1) is 12.4. The Labute approximate surface area is 108 Å². The predicted molar refractivity (Wildman–Crippen MR) is 64.0 cm³/mol. The predicted octanol–water partition coefficient (Wildman–Crippen LogP) is 2.91. The highest BCUT2D eigenvalue weighted by atomic mass is 35.5. The molecule has 1 aromatic carbocycles. The Morgan fingerprint density at radius 2 is 2.33 bits per heavy atom. The summed E-state index contributed by atoms with van der Waals surface area (Å²) >= 11 is 5.75. The van der Waals surface area contributed by atoms with Crippen molar-refractivity contribution in [3.05, 3.63) is 46.6 Å². The van der Waals surface area contributed by atoms with Gasteiger partial charge in [0.25, 0.3) is 0 Å². The fourth-order valence-electron chi connectivity index (χ4n) is 1.38. The normalized spacial score (nSPS) is 10.3. The number of rotatable bonds is 4. The van der Waals surface area contributed by atoms with Crippen LogP contribution >= 0.6 is 11.6 Å². The number of aryl methyl sites for hydroxylation is 1. The van der Waals surface area contributed by atoms with Crippen LogP contribution in [0.5, 0.6) is 5.75 Å². The molecule has 5 nitrogen and oxygen atoms in total. The minimum absolute atomic E-state index is 0.00559. The maximum atomic E-state index is 10.9. The Morgan fingerprint density at radius 3 is 2.94 bits per heavy atom. The van der Waals surface area contributed by atoms with Gasteiger partial charge in [-0.3, -0.25) is 0 Å². The summed E-state index contributed by atoms with van der Waals surface area (Å²) in [5.74, 6) is -0.00955. The van der Waals surface area contributed by atoms with Gasteiger partial charge in [0.05, 0.1) is 10.6 Å². The van der Waals surface area contributed by atoms with E-state index in [4.69, 9.17) is 25.9 Å². The second-order valence-corrected chi connectivity index (χ2v) is 4.00. The van der Waals surface area contributed by atoms with Gasteiger partial charge >= 0.3 is 5.97 Å². The van der Waals surface area contributed by atoms with Gasteiger partial charge in [-0.05, 0) is 25.1 Å². The van der Waals surface area contributed by atoms with Crippen molar-refractivity contribution in [1.29, 1.82) is 0 Å². The second kappa shape index (κ2) is 5.10. The molecule has 0 fully saturated rings. The van der Waals surface area contributed by atoms with E-state index in [0.29, 0.717) is 17.2 Å². The van der Waals surface area contributed by atoms with E-state index in [1.54, 1.807) is 13.0 Å². The van der Waals surface area contributed by atoms with Crippen LogP contribution in [0.2, 0.25) is 5.02 Å². The number of ether oxygens (including phenoxy) is 1. The molecule has 6 heteroatoms. The number of halogens is 1. The van der Waals surface area contributed by atoms with Crippen molar-refractivity contribution < 1.29 is 19.1 Å². The Kier molecular flexibility index (Phi) is 3.53. The molecule has 0 spiro atoms. The Hall–Kier alpha value is -2.01. The van der Waals surface area contributed by atoms with Gasteiger partial charge in [0.1, 0.15) is 23.8 Å². The number of carboxylic acids is 1. The third kappa shape index (κ3) is 2.62. The fourth-order valence-corrected chi connectivity index (χ4v) is 1.57. The smallest absolute Gasteiger partial charge is 0.337 e. The molecule has 0 aliphatic carbocycles. The van der Waals surface area contributed by atoms with E-state index >= 15 is 0 Å². The molecule has 0 radical (unpaired) electrons. The molecule has 1 heterocycles.